The van der Waals surface area contributed by atoms with Gasteiger partial charge in [0.1, 0.15) is 11.3 Å². The Balaban J connectivity index is 1.59. The van der Waals surface area contributed by atoms with Crippen LogP contribution < -0.4 is 10.1 Å². The van der Waals surface area contributed by atoms with Crippen LogP contribution in [0.15, 0.2) is 54.6 Å². The van der Waals surface area contributed by atoms with Gasteiger partial charge in [-0.3, -0.25) is 9.69 Å². The van der Waals surface area contributed by atoms with Crippen molar-refractivity contribution >= 4 is 11.9 Å². The van der Waals surface area contributed by atoms with E-state index in [9.17, 15) is 9.59 Å². The summed E-state index contributed by atoms with van der Waals surface area (Å²) >= 11 is 0. The highest BCUT2D eigenvalue weighted by molar-refractivity contribution is 6.07. The molecule has 6 heteroatoms. The van der Waals surface area contributed by atoms with Gasteiger partial charge in [-0.1, -0.05) is 62.2 Å². The number of urea groups is 1. The Kier molecular flexibility index (Phi) is 6.28. The molecular weight excluding hydrogens is 390 g/mol. The van der Waals surface area contributed by atoms with E-state index in [0.717, 1.165) is 43.5 Å². The van der Waals surface area contributed by atoms with Crippen molar-refractivity contribution in [3.63, 3.8) is 0 Å². The summed E-state index contributed by atoms with van der Waals surface area (Å²) in [6, 6.07) is 17.6. The van der Waals surface area contributed by atoms with E-state index in [0.29, 0.717) is 13.1 Å². The van der Waals surface area contributed by atoms with Crippen LogP contribution in [0.4, 0.5) is 4.79 Å². The van der Waals surface area contributed by atoms with Crippen molar-refractivity contribution in [1.82, 2.24) is 15.1 Å². The highest BCUT2D eigenvalue weighted by Crippen LogP contribution is 2.35. The zero-order valence-electron chi connectivity index (χ0n) is 18.3. The number of hydrogen-bond acceptors (Lipinski definition) is 4. The Bertz CT molecular complexity index is 915. The lowest BCUT2D eigenvalue weighted by molar-refractivity contribution is -0.133. The van der Waals surface area contributed by atoms with Gasteiger partial charge in [0.05, 0.1) is 13.8 Å². The number of rotatable bonds is 6. The molecular formula is C25H31N3O3. The predicted octanol–water partition coefficient (Wildman–Crippen LogP) is 4.43. The van der Waals surface area contributed by atoms with Gasteiger partial charge in [0.15, 0.2) is 0 Å². The molecule has 2 aliphatic heterocycles. The maximum atomic E-state index is 13.6. The summed E-state index contributed by atoms with van der Waals surface area (Å²) in [5.41, 5.74) is 1.04. The molecule has 0 aliphatic carbocycles. The van der Waals surface area contributed by atoms with Crippen molar-refractivity contribution in [2.45, 2.75) is 50.6 Å². The second-order valence-corrected chi connectivity index (χ2v) is 8.38. The fourth-order valence-corrected chi connectivity index (χ4v) is 4.84. The molecule has 2 saturated heterocycles. The van der Waals surface area contributed by atoms with Gasteiger partial charge in [-0.2, -0.15) is 0 Å². The van der Waals surface area contributed by atoms with Crippen LogP contribution in [0.1, 0.15) is 56.2 Å². The minimum Gasteiger partial charge on any atom is -0.497 e. The molecule has 6 nitrogen and oxygen atoms in total. The minimum atomic E-state index is -0.986. The molecule has 3 amide bonds. The summed E-state index contributed by atoms with van der Waals surface area (Å²) in [5.74, 6) is 0.664. The van der Waals surface area contributed by atoms with Gasteiger partial charge < -0.3 is 10.1 Å². The Morgan fingerprint density at radius 2 is 1.77 bits per heavy atom. The molecule has 4 rings (SSSR count). The smallest absolute Gasteiger partial charge is 0.326 e. The largest absolute Gasteiger partial charge is 0.497 e. The van der Waals surface area contributed by atoms with E-state index in [2.05, 4.69) is 22.3 Å². The molecule has 1 N–H and O–H groups in total. The first-order valence-corrected chi connectivity index (χ1v) is 11.2. The van der Waals surface area contributed by atoms with Crippen molar-refractivity contribution < 1.29 is 14.3 Å². The van der Waals surface area contributed by atoms with Crippen LogP contribution in [-0.2, 0) is 10.3 Å². The summed E-state index contributed by atoms with van der Waals surface area (Å²) in [6.07, 6.45) is 4.88. The summed E-state index contributed by atoms with van der Waals surface area (Å²) in [6.45, 7) is 3.11. The van der Waals surface area contributed by atoms with Crippen LogP contribution in [0.3, 0.4) is 0 Å². The second-order valence-electron chi connectivity index (χ2n) is 8.38. The molecule has 2 aromatic carbocycles. The summed E-state index contributed by atoms with van der Waals surface area (Å²) in [5, 5.41) is 3.00. The van der Waals surface area contributed by atoms with E-state index in [4.69, 9.17) is 4.74 Å². The molecule has 0 unspecified atom stereocenters. The van der Waals surface area contributed by atoms with Gasteiger partial charge in [0.2, 0.25) is 0 Å². The monoisotopic (exact) mass is 421 g/mol. The maximum absolute atomic E-state index is 13.6. The molecule has 0 aromatic heterocycles. The Morgan fingerprint density at radius 1 is 1.03 bits per heavy atom. The second kappa shape index (κ2) is 9.10. The average molecular weight is 422 g/mol. The van der Waals surface area contributed by atoms with E-state index >= 15 is 0 Å². The third-order valence-electron chi connectivity index (χ3n) is 6.66. The first-order valence-electron chi connectivity index (χ1n) is 11.2. The molecule has 2 fully saturated rings. The van der Waals surface area contributed by atoms with Crippen molar-refractivity contribution in [3.05, 3.63) is 65.7 Å². The SMILES string of the molecule is CC[C@]1(c2ccccc2)NC(=O)N(CN2CCCCC[C@@H]2c2ccc(OC)cc2)C1=O. The summed E-state index contributed by atoms with van der Waals surface area (Å²) < 4.78 is 5.30. The quantitative estimate of drug-likeness (QED) is 0.701. The number of methoxy groups -OCH3 is 1. The lowest BCUT2D eigenvalue weighted by Crippen LogP contribution is -2.46. The van der Waals surface area contributed by atoms with Crippen molar-refractivity contribution in [2.24, 2.45) is 0 Å². The number of hydrogen-bond donors (Lipinski definition) is 1. The van der Waals surface area contributed by atoms with Crippen molar-refractivity contribution in [2.75, 3.05) is 20.3 Å². The van der Waals surface area contributed by atoms with E-state index < -0.39 is 5.54 Å². The number of nitrogens with zero attached hydrogens (tertiary/aromatic N) is 2. The third-order valence-corrected chi connectivity index (χ3v) is 6.66. The van der Waals surface area contributed by atoms with Crippen LogP contribution >= 0.6 is 0 Å². The molecule has 2 heterocycles. The van der Waals surface area contributed by atoms with Gasteiger partial charge in [-0.05, 0) is 42.5 Å². The zero-order chi connectivity index (χ0) is 21.8. The third kappa shape index (κ3) is 4.04. The Labute approximate surface area is 184 Å². The van der Waals surface area contributed by atoms with Gasteiger partial charge in [-0.25, -0.2) is 9.69 Å². The molecule has 164 valence electrons. The van der Waals surface area contributed by atoms with Crippen LogP contribution in [0.25, 0.3) is 0 Å². The maximum Gasteiger partial charge on any atom is 0.326 e. The zero-order valence-corrected chi connectivity index (χ0v) is 18.3. The molecule has 2 atom stereocenters. The number of imide groups is 1. The van der Waals surface area contributed by atoms with E-state index in [-0.39, 0.29) is 18.0 Å². The Morgan fingerprint density at radius 3 is 2.45 bits per heavy atom. The lowest BCUT2D eigenvalue weighted by atomic mass is 9.87. The van der Waals surface area contributed by atoms with E-state index in [1.807, 2.05) is 49.4 Å². The fraction of sp³-hybridized carbons (Fsp3) is 0.440. The first-order chi connectivity index (χ1) is 15.1. The molecule has 2 aromatic rings. The number of ether oxygens (including phenoxy) is 1. The number of amides is 3. The summed E-state index contributed by atoms with van der Waals surface area (Å²) in [7, 11) is 1.66. The van der Waals surface area contributed by atoms with Gasteiger partial charge in [0, 0.05) is 12.6 Å². The number of nitrogens with one attached hydrogen (secondary N) is 1. The number of likely N-dealkylation sites (tertiary alicyclic amines) is 1. The number of carbonyl (C=O) groups excluding carboxylic acids is 2. The molecule has 31 heavy (non-hydrogen) atoms. The fourth-order valence-electron chi connectivity index (χ4n) is 4.84. The Hall–Kier alpha value is -2.86. The van der Waals surface area contributed by atoms with Gasteiger partial charge >= 0.3 is 6.03 Å². The molecule has 0 saturated carbocycles. The van der Waals surface area contributed by atoms with Gasteiger partial charge in [-0.15, -0.1) is 0 Å². The predicted molar refractivity (Wildman–Crippen MR) is 120 cm³/mol. The number of carbonyl (C=O) groups is 2. The van der Waals surface area contributed by atoms with Crippen LogP contribution in [-0.4, -0.2) is 42.1 Å². The highest BCUT2D eigenvalue weighted by Gasteiger charge is 2.51. The lowest BCUT2D eigenvalue weighted by Gasteiger charge is -2.33. The highest BCUT2D eigenvalue weighted by atomic mass is 16.5. The van der Waals surface area contributed by atoms with Crippen LogP contribution in [0.5, 0.6) is 5.75 Å². The normalized spacial score (nSPS) is 24.7. The molecule has 0 bridgehead atoms. The minimum absolute atomic E-state index is 0.163. The summed E-state index contributed by atoms with van der Waals surface area (Å²) in [4.78, 5) is 30.2. The molecule has 2 aliphatic rings. The van der Waals surface area contributed by atoms with E-state index in [1.54, 1.807) is 7.11 Å². The molecule has 0 spiro atoms. The standard InChI is InChI=1S/C25H31N3O3/c1-3-25(20-10-6-4-7-11-20)23(29)28(24(30)26-25)18-27-17-9-5-8-12-22(27)19-13-15-21(31-2)16-14-19/h4,6-7,10-11,13-16,22H,3,5,8-9,12,17-18H2,1-2H3,(H,26,30)/t22-,25-/m1/s1. The molecule has 0 radical (unpaired) electrons. The first kappa shape index (κ1) is 21.4. The number of benzene rings is 2. The topological polar surface area (TPSA) is 61.9 Å². The van der Waals surface area contributed by atoms with Gasteiger partial charge in [0.25, 0.3) is 5.91 Å². The van der Waals surface area contributed by atoms with Crippen molar-refractivity contribution in [3.8, 4) is 5.75 Å². The van der Waals surface area contributed by atoms with E-state index in [1.165, 1.54) is 10.5 Å². The van der Waals surface area contributed by atoms with Crippen LogP contribution in [0, 0.1) is 0 Å². The average Bonchev–Trinajstić information content (AvgIpc) is 2.95. The van der Waals surface area contributed by atoms with Crippen LogP contribution in [0.2, 0.25) is 0 Å². The van der Waals surface area contributed by atoms with Crippen molar-refractivity contribution in [1.29, 1.82) is 0 Å².